The third-order valence-electron chi connectivity index (χ3n) is 1.57. The molecule has 1 aromatic rings. The predicted molar refractivity (Wildman–Crippen MR) is 44.4 cm³/mol. The standard InChI is InChI=1S/C9H4F5NO2/c10-7-4(3-15)1-5(16-8(11)12)2-6(7)17-9(13)14/h1-2,8-9H. The lowest BCUT2D eigenvalue weighted by Gasteiger charge is -2.10. The number of alkyl halides is 4. The van der Waals surface area contributed by atoms with E-state index in [2.05, 4.69) is 9.47 Å². The van der Waals surface area contributed by atoms with Gasteiger partial charge in [-0.1, -0.05) is 0 Å². The highest BCUT2D eigenvalue weighted by Gasteiger charge is 2.17. The molecule has 0 aliphatic rings. The minimum atomic E-state index is -3.35. The summed E-state index contributed by atoms with van der Waals surface area (Å²) >= 11 is 0. The molecule has 0 N–H and O–H groups in total. The third-order valence-corrected chi connectivity index (χ3v) is 1.57. The molecule has 0 heterocycles. The van der Waals surface area contributed by atoms with Crippen molar-refractivity contribution in [1.82, 2.24) is 0 Å². The smallest absolute Gasteiger partial charge is 0.387 e. The van der Waals surface area contributed by atoms with Gasteiger partial charge in [0.2, 0.25) is 0 Å². The summed E-state index contributed by atoms with van der Waals surface area (Å²) in [6.07, 6.45) is 0. The Balaban J connectivity index is 3.15. The molecule has 1 aromatic carbocycles. The van der Waals surface area contributed by atoms with Gasteiger partial charge in [-0.2, -0.15) is 22.8 Å². The molecule has 0 saturated carbocycles. The number of ether oxygens (including phenoxy) is 2. The Labute approximate surface area is 92.0 Å². The van der Waals surface area contributed by atoms with E-state index < -0.39 is 36.1 Å². The van der Waals surface area contributed by atoms with Crippen molar-refractivity contribution in [1.29, 1.82) is 5.26 Å². The largest absolute Gasteiger partial charge is 0.435 e. The van der Waals surface area contributed by atoms with Crippen LogP contribution in [0.1, 0.15) is 5.56 Å². The minimum Gasteiger partial charge on any atom is -0.435 e. The van der Waals surface area contributed by atoms with E-state index in [1.54, 1.807) is 0 Å². The molecule has 0 spiro atoms. The topological polar surface area (TPSA) is 42.2 Å². The first kappa shape index (κ1) is 13.0. The Morgan fingerprint density at radius 3 is 2.12 bits per heavy atom. The fraction of sp³-hybridized carbons (Fsp3) is 0.222. The van der Waals surface area contributed by atoms with Gasteiger partial charge >= 0.3 is 13.2 Å². The molecule has 8 heteroatoms. The minimum absolute atomic E-state index is 0.508. The van der Waals surface area contributed by atoms with Gasteiger partial charge in [0.05, 0.1) is 5.56 Å². The quantitative estimate of drug-likeness (QED) is 0.775. The van der Waals surface area contributed by atoms with Crippen LogP contribution >= 0.6 is 0 Å². The lowest BCUT2D eigenvalue weighted by molar-refractivity contribution is -0.0559. The number of benzene rings is 1. The zero-order chi connectivity index (χ0) is 13.0. The van der Waals surface area contributed by atoms with Crippen molar-refractivity contribution in [2.75, 3.05) is 0 Å². The van der Waals surface area contributed by atoms with E-state index >= 15 is 0 Å². The van der Waals surface area contributed by atoms with E-state index in [1.165, 1.54) is 6.07 Å². The maximum atomic E-state index is 13.2. The highest BCUT2D eigenvalue weighted by Crippen LogP contribution is 2.29. The maximum Gasteiger partial charge on any atom is 0.387 e. The predicted octanol–water partition coefficient (Wildman–Crippen LogP) is 2.90. The van der Waals surface area contributed by atoms with Crippen LogP contribution in [0, 0.1) is 17.1 Å². The summed E-state index contributed by atoms with van der Waals surface area (Å²) in [5.41, 5.74) is -0.737. The maximum absolute atomic E-state index is 13.2. The molecule has 92 valence electrons. The Morgan fingerprint density at radius 2 is 1.65 bits per heavy atom. The Morgan fingerprint density at radius 1 is 1.06 bits per heavy atom. The van der Waals surface area contributed by atoms with E-state index in [9.17, 15) is 22.0 Å². The zero-order valence-electron chi connectivity index (χ0n) is 7.96. The van der Waals surface area contributed by atoms with Crippen LogP contribution < -0.4 is 9.47 Å². The van der Waals surface area contributed by atoms with Crippen LogP contribution in [0.25, 0.3) is 0 Å². The normalized spacial score (nSPS) is 10.5. The molecule has 0 bridgehead atoms. The van der Waals surface area contributed by atoms with Crippen molar-refractivity contribution in [3.63, 3.8) is 0 Å². The van der Waals surface area contributed by atoms with Crippen molar-refractivity contribution in [2.45, 2.75) is 13.2 Å². The van der Waals surface area contributed by atoms with E-state index in [0.717, 1.165) is 0 Å². The second-order valence-corrected chi connectivity index (χ2v) is 2.65. The first-order valence-electron chi connectivity index (χ1n) is 4.07. The van der Waals surface area contributed by atoms with Gasteiger partial charge in [-0.25, -0.2) is 4.39 Å². The van der Waals surface area contributed by atoms with E-state index in [-0.39, 0.29) is 0 Å². The molecular formula is C9H4F5NO2. The number of hydrogen-bond acceptors (Lipinski definition) is 3. The van der Waals surface area contributed by atoms with Gasteiger partial charge < -0.3 is 9.47 Å². The monoisotopic (exact) mass is 253 g/mol. The molecule has 1 rings (SSSR count). The fourth-order valence-corrected chi connectivity index (χ4v) is 1.01. The molecule has 0 aliphatic carbocycles. The fourth-order valence-electron chi connectivity index (χ4n) is 1.01. The van der Waals surface area contributed by atoms with Gasteiger partial charge in [0.1, 0.15) is 11.8 Å². The van der Waals surface area contributed by atoms with Gasteiger partial charge in [0, 0.05) is 12.1 Å². The number of rotatable bonds is 4. The van der Waals surface area contributed by atoms with Gasteiger partial charge in [0.15, 0.2) is 11.6 Å². The Hall–Kier alpha value is -2.04. The lowest BCUT2D eigenvalue weighted by Crippen LogP contribution is -2.07. The van der Waals surface area contributed by atoms with Gasteiger partial charge in [-0.05, 0) is 0 Å². The Bertz CT molecular complexity index is 444. The summed E-state index contributed by atoms with van der Waals surface area (Å²) in [4.78, 5) is 0. The number of hydrogen-bond donors (Lipinski definition) is 0. The number of nitriles is 1. The van der Waals surface area contributed by atoms with Crippen LogP contribution in [-0.2, 0) is 0 Å². The highest BCUT2D eigenvalue weighted by molar-refractivity contribution is 5.45. The SMILES string of the molecule is N#Cc1cc(OC(F)F)cc(OC(F)F)c1F. The zero-order valence-corrected chi connectivity index (χ0v) is 7.96. The van der Waals surface area contributed by atoms with Crippen molar-refractivity contribution in [2.24, 2.45) is 0 Å². The number of nitrogens with zero attached hydrogens (tertiary/aromatic N) is 1. The van der Waals surface area contributed by atoms with Gasteiger partial charge in [-0.3, -0.25) is 0 Å². The molecule has 0 fully saturated rings. The van der Waals surface area contributed by atoms with Crippen LogP contribution in [0.2, 0.25) is 0 Å². The summed E-state index contributed by atoms with van der Waals surface area (Å²) < 4.78 is 68.3. The second-order valence-electron chi connectivity index (χ2n) is 2.65. The summed E-state index contributed by atoms with van der Waals surface area (Å²) in [5, 5.41) is 8.46. The van der Waals surface area contributed by atoms with Crippen molar-refractivity contribution < 1.29 is 31.4 Å². The lowest BCUT2D eigenvalue weighted by atomic mass is 10.2. The molecule has 0 amide bonds. The third kappa shape index (κ3) is 3.48. The second kappa shape index (κ2) is 5.34. The first-order chi connectivity index (χ1) is 7.93. The van der Waals surface area contributed by atoms with E-state index in [0.29, 0.717) is 12.1 Å². The van der Waals surface area contributed by atoms with Crippen LogP contribution in [-0.4, -0.2) is 13.2 Å². The summed E-state index contributed by atoms with van der Waals surface area (Å²) in [6, 6.07) is 2.46. The summed E-state index contributed by atoms with van der Waals surface area (Å²) in [7, 11) is 0. The average molecular weight is 253 g/mol. The van der Waals surface area contributed by atoms with Crippen LogP contribution in [0.3, 0.4) is 0 Å². The molecule has 0 aliphatic heterocycles. The molecule has 3 nitrogen and oxygen atoms in total. The van der Waals surface area contributed by atoms with Crippen molar-refractivity contribution in [3.8, 4) is 17.6 Å². The van der Waals surface area contributed by atoms with Crippen LogP contribution in [0.5, 0.6) is 11.5 Å². The molecule has 0 aromatic heterocycles. The summed E-state index contributed by atoms with van der Waals surface area (Å²) in [5.74, 6) is -3.04. The van der Waals surface area contributed by atoms with Crippen LogP contribution in [0.15, 0.2) is 12.1 Å². The van der Waals surface area contributed by atoms with E-state index in [1.807, 2.05) is 0 Å². The van der Waals surface area contributed by atoms with Gasteiger partial charge in [0.25, 0.3) is 0 Å². The molecule has 17 heavy (non-hydrogen) atoms. The highest BCUT2D eigenvalue weighted by atomic mass is 19.3. The average Bonchev–Trinajstić information content (AvgIpc) is 2.21. The molecule has 0 unspecified atom stereocenters. The van der Waals surface area contributed by atoms with Crippen molar-refractivity contribution in [3.05, 3.63) is 23.5 Å². The van der Waals surface area contributed by atoms with Gasteiger partial charge in [-0.15, -0.1) is 0 Å². The molecule has 0 saturated heterocycles. The Kier molecular flexibility index (Phi) is 4.09. The molecule has 0 radical (unpaired) electrons. The van der Waals surface area contributed by atoms with E-state index in [4.69, 9.17) is 5.26 Å². The van der Waals surface area contributed by atoms with Crippen LogP contribution in [0.4, 0.5) is 22.0 Å². The summed E-state index contributed by atoms with van der Waals surface area (Å²) in [6.45, 7) is -6.58. The molecule has 0 atom stereocenters. The molecular weight excluding hydrogens is 249 g/mol. The number of halogens is 5. The first-order valence-corrected chi connectivity index (χ1v) is 4.07. The van der Waals surface area contributed by atoms with Crippen molar-refractivity contribution >= 4 is 0 Å².